The zero-order valence-corrected chi connectivity index (χ0v) is 16.3. The minimum atomic E-state index is -0.425. The Labute approximate surface area is 160 Å². The molecule has 0 heterocycles. The lowest BCUT2D eigenvalue weighted by Crippen LogP contribution is -2.45. The molecule has 6 heteroatoms. The van der Waals surface area contributed by atoms with Crippen molar-refractivity contribution in [1.29, 1.82) is 0 Å². The van der Waals surface area contributed by atoms with E-state index >= 15 is 0 Å². The van der Waals surface area contributed by atoms with E-state index < -0.39 is 6.04 Å². The molecule has 0 bridgehead atoms. The molecule has 1 unspecified atom stereocenters. The lowest BCUT2D eigenvalue weighted by Gasteiger charge is -2.23. The van der Waals surface area contributed by atoms with Crippen molar-refractivity contribution < 1.29 is 14.3 Å². The fraction of sp³-hybridized carbons (Fsp3) is 0.333. The Bertz CT molecular complexity index is 774. The Morgan fingerprint density at radius 2 is 1.85 bits per heavy atom. The average molecular weight is 369 g/mol. The normalized spacial score (nSPS) is 11.7. The molecule has 0 saturated carbocycles. The Balaban J connectivity index is 1.82. The van der Waals surface area contributed by atoms with Crippen LogP contribution in [0.2, 0.25) is 0 Å². The van der Waals surface area contributed by atoms with Gasteiger partial charge in [-0.1, -0.05) is 35.9 Å². The molecule has 144 valence electrons. The van der Waals surface area contributed by atoms with Crippen LogP contribution in [0.25, 0.3) is 0 Å². The number of aryl methyl sites for hydroxylation is 1. The maximum Gasteiger partial charge on any atom is 0.238 e. The second kappa shape index (κ2) is 9.73. The molecule has 0 aliphatic rings. The zero-order chi connectivity index (χ0) is 19.8. The van der Waals surface area contributed by atoms with Crippen LogP contribution in [0.15, 0.2) is 48.5 Å². The molecule has 27 heavy (non-hydrogen) atoms. The molecular formula is C21H27N3O3. The molecule has 0 fully saturated rings. The van der Waals surface area contributed by atoms with Crippen molar-refractivity contribution in [1.82, 2.24) is 10.2 Å². The zero-order valence-electron chi connectivity index (χ0n) is 16.3. The molecule has 0 radical (unpaired) electrons. The van der Waals surface area contributed by atoms with Gasteiger partial charge < -0.3 is 15.4 Å². The van der Waals surface area contributed by atoms with Crippen LogP contribution in [0.3, 0.4) is 0 Å². The molecule has 2 aromatic carbocycles. The number of rotatable bonds is 8. The van der Waals surface area contributed by atoms with E-state index in [9.17, 15) is 9.59 Å². The Morgan fingerprint density at radius 1 is 1.15 bits per heavy atom. The molecule has 0 spiro atoms. The molecular weight excluding hydrogens is 342 g/mol. The fourth-order valence-electron chi connectivity index (χ4n) is 2.51. The van der Waals surface area contributed by atoms with E-state index in [1.54, 1.807) is 44.2 Å². The maximum absolute atomic E-state index is 12.3. The quantitative estimate of drug-likeness (QED) is 0.750. The van der Waals surface area contributed by atoms with Gasteiger partial charge in [0.15, 0.2) is 0 Å². The van der Waals surface area contributed by atoms with Crippen LogP contribution in [0, 0.1) is 6.92 Å². The molecule has 2 rings (SSSR count). The number of likely N-dealkylation sites (N-methyl/N-ethyl adjacent to an activating group) is 1. The van der Waals surface area contributed by atoms with Crippen LogP contribution in [0.4, 0.5) is 5.69 Å². The number of benzene rings is 2. The van der Waals surface area contributed by atoms with Crippen molar-refractivity contribution in [3.8, 4) is 5.75 Å². The van der Waals surface area contributed by atoms with Gasteiger partial charge >= 0.3 is 0 Å². The summed E-state index contributed by atoms with van der Waals surface area (Å²) in [4.78, 5) is 26.3. The highest BCUT2D eigenvalue weighted by Gasteiger charge is 2.20. The van der Waals surface area contributed by atoms with Gasteiger partial charge in [-0.05, 0) is 38.6 Å². The molecule has 2 N–H and O–H groups in total. The first-order chi connectivity index (χ1) is 12.9. The molecule has 0 saturated heterocycles. The van der Waals surface area contributed by atoms with Crippen LogP contribution in [-0.4, -0.2) is 43.5 Å². The third-order valence-electron chi connectivity index (χ3n) is 4.37. The summed E-state index contributed by atoms with van der Waals surface area (Å²) >= 11 is 0. The first kappa shape index (κ1) is 20.5. The molecule has 0 aromatic heterocycles. The van der Waals surface area contributed by atoms with E-state index in [-0.39, 0.29) is 18.4 Å². The second-order valence-electron chi connectivity index (χ2n) is 6.57. The largest absolute Gasteiger partial charge is 0.497 e. The number of hydrogen-bond acceptors (Lipinski definition) is 4. The first-order valence-corrected chi connectivity index (χ1v) is 8.86. The summed E-state index contributed by atoms with van der Waals surface area (Å²) in [5.41, 5.74) is 2.88. The van der Waals surface area contributed by atoms with Gasteiger partial charge in [-0.25, -0.2) is 0 Å². The molecule has 0 aliphatic carbocycles. The highest BCUT2D eigenvalue weighted by Crippen LogP contribution is 2.16. The van der Waals surface area contributed by atoms with Gasteiger partial charge in [0.2, 0.25) is 11.8 Å². The summed E-state index contributed by atoms with van der Waals surface area (Å²) in [6.07, 6.45) is 0. The number of carbonyl (C=O) groups excluding carboxylic acids is 2. The molecule has 6 nitrogen and oxygen atoms in total. The SMILES string of the molecule is COc1cccc(NC(=O)CN(C)C(C)C(=O)NCc2ccc(C)cc2)c1. The molecule has 2 amide bonds. The summed E-state index contributed by atoms with van der Waals surface area (Å²) in [6.45, 7) is 4.38. The van der Waals surface area contributed by atoms with Gasteiger partial charge in [0.05, 0.1) is 19.7 Å². The number of nitrogens with one attached hydrogen (secondary N) is 2. The topological polar surface area (TPSA) is 70.7 Å². The van der Waals surface area contributed by atoms with Gasteiger partial charge in [0.25, 0.3) is 0 Å². The number of hydrogen-bond donors (Lipinski definition) is 2. The summed E-state index contributed by atoms with van der Waals surface area (Å²) in [5, 5.41) is 5.72. The minimum Gasteiger partial charge on any atom is -0.497 e. The van der Waals surface area contributed by atoms with Crippen molar-refractivity contribution >= 4 is 17.5 Å². The van der Waals surface area contributed by atoms with E-state index in [1.165, 1.54) is 5.56 Å². The Morgan fingerprint density at radius 3 is 2.52 bits per heavy atom. The number of methoxy groups -OCH3 is 1. The van der Waals surface area contributed by atoms with Crippen LogP contribution < -0.4 is 15.4 Å². The van der Waals surface area contributed by atoms with E-state index in [0.29, 0.717) is 18.0 Å². The summed E-state index contributed by atoms with van der Waals surface area (Å²) in [6, 6.07) is 14.7. The van der Waals surface area contributed by atoms with Crippen molar-refractivity contribution in [3.63, 3.8) is 0 Å². The Hall–Kier alpha value is -2.86. The van der Waals surface area contributed by atoms with Crippen LogP contribution in [-0.2, 0) is 16.1 Å². The van der Waals surface area contributed by atoms with Crippen molar-refractivity contribution in [3.05, 3.63) is 59.7 Å². The molecule has 0 aliphatic heterocycles. The van der Waals surface area contributed by atoms with E-state index in [1.807, 2.05) is 37.3 Å². The second-order valence-corrected chi connectivity index (χ2v) is 6.57. The number of nitrogens with zero attached hydrogens (tertiary/aromatic N) is 1. The third-order valence-corrected chi connectivity index (χ3v) is 4.37. The number of ether oxygens (including phenoxy) is 1. The van der Waals surface area contributed by atoms with Crippen LogP contribution in [0.1, 0.15) is 18.1 Å². The highest BCUT2D eigenvalue weighted by atomic mass is 16.5. The number of amides is 2. The van der Waals surface area contributed by atoms with Crippen molar-refractivity contribution in [2.24, 2.45) is 0 Å². The predicted octanol–water partition coefficient (Wildman–Crippen LogP) is 2.58. The summed E-state index contributed by atoms with van der Waals surface area (Å²) in [7, 11) is 3.33. The van der Waals surface area contributed by atoms with Gasteiger partial charge in [0, 0.05) is 18.3 Å². The maximum atomic E-state index is 12.3. The minimum absolute atomic E-state index is 0.107. The van der Waals surface area contributed by atoms with Crippen molar-refractivity contribution in [2.75, 3.05) is 26.0 Å². The predicted molar refractivity (Wildman–Crippen MR) is 107 cm³/mol. The van der Waals surface area contributed by atoms with E-state index in [4.69, 9.17) is 4.74 Å². The fourth-order valence-corrected chi connectivity index (χ4v) is 2.51. The molecule has 1 atom stereocenters. The van der Waals surface area contributed by atoms with E-state index in [0.717, 1.165) is 5.56 Å². The summed E-state index contributed by atoms with van der Waals surface area (Å²) < 4.78 is 5.14. The Kier molecular flexibility index (Phi) is 7.37. The number of anilines is 1. The highest BCUT2D eigenvalue weighted by molar-refractivity contribution is 5.93. The van der Waals surface area contributed by atoms with Crippen LogP contribution >= 0.6 is 0 Å². The van der Waals surface area contributed by atoms with Gasteiger partial charge in [-0.2, -0.15) is 0 Å². The van der Waals surface area contributed by atoms with Gasteiger partial charge in [-0.15, -0.1) is 0 Å². The monoisotopic (exact) mass is 369 g/mol. The average Bonchev–Trinajstić information content (AvgIpc) is 2.66. The third kappa shape index (κ3) is 6.42. The smallest absolute Gasteiger partial charge is 0.238 e. The lowest BCUT2D eigenvalue weighted by atomic mass is 10.1. The first-order valence-electron chi connectivity index (χ1n) is 8.86. The summed E-state index contributed by atoms with van der Waals surface area (Å²) in [5.74, 6) is 0.362. The van der Waals surface area contributed by atoms with Gasteiger partial charge in [-0.3, -0.25) is 14.5 Å². The lowest BCUT2D eigenvalue weighted by molar-refractivity contribution is -0.126. The van der Waals surface area contributed by atoms with E-state index in [2.05, 4.69) is 10.6 Å². The number of carbonyl (C=O) groups is 2. The standard InChI is InChI=1S/C21H27N3O3/c1-15-8-10-17(11-9-15)13-22-21(26)16(2)24(3)14-20(25)23-18-6-5-7-19(12-18)27-4/h5-12,16H,13-14H2,1-4H3,(H,22,26)(H,23,25). The molecule has 2 aromatic rings. The van der Waals surface area contributed by atoms with Crippen LogP contribution in [0.5, 0.6) is 5.75 Å². The van der Waals surface area contributed by atoms with Crippen molar-refractivity contribution in [2.45, 2.75) is 26.4 Å². The van der Waals surface area contributed by atoms with Gasteiger partial charge in [0.1, 0.15) is 5.75 Å².